The maximum atomic E-state index is 12.8. The molecule has 17 heavy (non-hydrogen) atoms. The lowest BCUT2D eigenvalue weighted by Crippen LogP contribution is -2.55. The quantitative estimate of drug-likeness (QED) is 0.833. The van der Waals surface area contributed by atoms with Gasteiger partial charge in [0.1, 0.15) is 11.4 Å². The zero-order valence-corrected chi connectivity index (χ0v) is 9.65. The average molecular weight is 238 g/mol. The van der Waals surface area contributed by atoms with Gasteiger partial charge in [-0.15, -0.1) is 0 Å². The average Bonchev–Trinajstić information content (AvgIpc) is 2.76. The van der Waals surface area contributed by atoms with Crippen LogP contribution in [-0.4, -0.2) is 31.7 Å². The van der Waals surface area contributed by atoms with E-state index < -0.39 is 5.54 Å². The van der Waals surface area contributed by atoms with Crippen LogP contribution in [0.5, 0.6) is 0 Å². The topological polar surface area (TPSA) is 55.6 Å². The lowest BCUT2D eigenvalue weighted by atomic mass is 9.98. The van der Waals surface area contributed by atoms with Gasteiger partial charge in [-0.05, 0) is 30.7 Å². The highest BCUT2D eigenvalue weighted by molar-refractivity contribution is 5.99. The number of carbonyl (C=O) groups excluding carboxylic acids is 1. The monoisotopic (exact) mass is 238 g/mol. The van der Waals surface area contributed by atoms with Gasteiger partial charge in [-0.25, -0.2) is 4.39 Å². The molecule has 1 heterocycles. The molecule has 1 atom stereocenters. The summed E-state index contributed by atoms with van der Waals surface area (Å²) in [4.78, 5) is 13.6. The number of anilines is 1. The number of hydrogen-bond acceptors (Lipinski definition) is 3. The fourth-order valence-electron chi connectivity index (χ4n) is 1.87. The minimum absolute atomic E-state index is 0.207. The lowest BCUT2D eigenvalue weighted by molar-refractivity contribution is -0.123. The van der Waals surface area contributed by atoms with Crippen molar-refractivity contribution in [3.63, 3.8) is 0 Å². The Morgan fingerprint density at radius 2 is 2.12 bits per heavy atom. The Hall–Kier alpha value is -1.46. The molecule has 1 amide bonds. The van der Waals surface area contributed by atoms with E-state index in [4.69, 9.17) is 10.5 Å². The third-order valence-electron chi connectivity index (χ3n) is 3.00. The SMILES string of the molecule is CN(C(=O)C1(N)CCOC1)c1ccc(F)cc1. The van der Waals surface area contributed by atoms with Crippen molar-refractivity contribution in [3.05, 3.63) is 30.1 Å². The first-order valence-corrected chi connectivity index (χ1v) is 5.43. The molecule has 0 spiro atoms. The molecule has 5 heteroatoms. The number of ether oxygens (including phenoxy) is 1. The van der Waals surface area contributed by atoms with Gasteiger partial charge in [0.25, 0.3) is 0 Å². The molecule has 4 nitrogen and oxygen atoms in total. The van der Waals surface area contributed by atoms with Crippen LogP contribution in [0.4, 0.5) is 10.1 Å². The highest BCUT2D eigenvalue weighted by Gasteiger charge is 2.40. The van der Waals surface area contributed by atoms with Crippen LogP contribution in [0.3, 0.4) is 0 Å². The highest BCUT2D eigenvalue weighted by Crippen LogP contribution is 2.22. The normalized spacial score (nSPS) is 23.7. The zero-order chi connectivity index (χ0) is 12.5. The molecule has 1 saturated heterocycles. The van der Waals surface area contributed by atoms with E-state index in [0.29, 0.717) is 18.7 Å². The van der Waals surface area contributed by atoms with Crippen molar-refractivity contribution < 1.29 is 13.9 Å². The van der Waals surface area contributed by atoms with Crippen molar-refractivity contribution in [3.8, 4) is 0 Å². The third kappa shape index (κ3) is 2.30. The predicted molar refractivity (Wildman–Crippen MR) is 62.2 cm³/mol. The molecule has 1 aromatic rings. The van der Waals surface area contributed by atoms with Crippen molar-refractivity contribution >= 4 is 11.6 Å². The van der Waals surface area contributed by atoms with Crippen molar-refractivity contribution in [1.82, 2.24) is 0 Å². The van der Waals surface area contributed by atoms with Gasteiger partial charge in [0.15, 0.2) is 0 Å². The number of hydrogen-bond donors (Lipinski definition) is 1. The second-order valence-electron chi connectivity index (χ2n) is 4.30. The largest absolute Gasteiger partial charge is 0.379 e. The van der Waals surface area contributed by atoms with Crippen molar-refractivity contribution in [2.75, 3.05) is 25.2 Å². The molecule has 2 rings (SSSR count). The molecular formula is C12H15FN2O2. The first-order chi connectivity index (χ1) is 8.03. The Morgan fingerprint density at radius 1 is 1.47 bits per heavy atom. The van der Waals surface area contributed by atoms with Crippen molar-refractivity contribution in [2.45, 2.75) is 12.0 Å². The second-order valence-corrected chi connectivity index (χ2v) is 4.30. The maximum absolute atomic E-state index is 12.8. The van der Waals surface area contributed by atoms with E-state index in [9.17, 15) is 9.18 Å². The van der Waals surface area contributed by atoms with Gasteiger partial charge in [-0.2, -0.15) is 0 Å². The van der Waals surface area contributed by atoms with Gasteiger partial charge >= 0.3 is 0 Å². The summed E-state index contributed by atoms with van der Waals surface area (Å²) >= 11 is 0. The van der Waals surface area contributed by atoms with Crippen molar-refractivity contribution in [2.24, 2.45) is 5.73 Å². The Kier molecular flexibility index (Phi) is 3.13. The zero-order valence-electron chi connectivity index (χ0n) is 9.65. The van der Waals surface area contributed by atoms with Crippen LogP contribution >= 0.6 is 0 Å². The summed E-state index contributed by atoms with van der Waals surface area (Å²) in [5.74, 6) is -0.539. The predicted octanol–water partition coefficient (Wildman–Crippen LogP) is 0.906. The van der Waals surface area contributed by atoms with Gasteiger partial charge in [-0.1, -0.05) is 0 Å². The first-order valence-electron chi connectivity index (χ1n) is 5.43. The molecule has 1 fully saturated rings. The van der Waals surface area contributed by atoms with Crippen LogP contribution in [0.15, 0.2) is 24.3 Å². The number of amides is 1. The summed E-state index contributed by atoms with van der Waals surface area (Å²) in [5.41, 5.74) is 5.64. The lowest BCUT2D eigenvalue weighted by Gasteiger charge is -2.27. The Balaban J connectivity index is 2.17. The number of nitrogens with two attached hydrogens (primary N) is 1. The molecule has 2 N–H and O–H groups in total. The third-order valence-corrected chi connectivity index (χ3v) is 3.00. The summed E-state index contributed by atoms with van der Waals surface area (Å²) in [6, 6.07) is 5.72. The van der Waals surface area contributed by atoms with E-state index in [2.05, 4.69) is 0 Å². The molecule has 0 radical (unpaired) electrons. The van der Waals surface area contributed by atoms with Crippen molar-refractivity contribution in [1.29, 1.82) is 0 Å². The molecule has 1 aliphatic heterocycles. The van der Waals surface area contributed by atoms with Crippen LogP contribution < -0.4 is 10.6 Å². The molecule has 1 unspecified atom stereocenters. The van der Waals surface area contributed by atoms with Crippen LogP contribution in [0, 0.1) is 5.82 Å². The van der Waals surface area contributed by atoms with E-state index in [0.717, 1.165) is 0 Å². The minimum Gasteiger partial charge on any atom is -0.379 e. The number of nitrogens with zero attached hydrogens (tertiary/aromatic N) is 1. The number of carbonyl (C=O) groups is 1. The van der Waals surface area contributed by atoms with E-state index in [1.54, 1.807) is 19.2 Å². The molecule has 92 valence electrons. The fraction of sp³-hybridized carbons (Fsp3) is 0.417. The molecule has 0 saturated carbocycles. The van der Waals surface area contributed by atoms with Crippen LogP contribution in [0.25, 0.3) is 0 Å². The molecule has 1 aliphatic rings. The smallest absolute Gasteiger partial charge is 0.249 e. The van der Waals surface area contributed by atoms with Crippen LogP contribution in [-0.2, 0) is 9.53 Å². The Bertz CT molecular complexity index is 413. The van der Waals surface area contributed by atoms with Gasteiger partial charge in [0.2, 0.25) is 5.91 Å². The summed E-state index contributed by atoms with van der Waals surface area (Å²) in [6.45, 7) is 0.733. The number of halogens is 1. The van der Waals surface area contributed by atoms with E-state index in [-0.39, 0.29) is 18.3 Å². The van der Waals surface area contributed by atoms with Crippen LogP contribution in [0.2, 0.25) is 0 Å². The number of likely N-dealkylation sites (N-methyl/N-ethyl adjacent to an activating group) is 1. The standard InChI is InChI=1S/C12H15FN2O2/c1-15(10-4-2-9(13)3-5-10)11(16)12(14)6-7-17-8-12/h2-5H,6-8,14H2,1H3. The van der Waals surface area contributed by atoms with Gasteiger partial charge in [0.05, 0.1) is 6.61 Å². The maximum Gasteiger partial charge on any atom is 0.249 e. The van der Waals surface area contributed by atoms with Gasteiger partial charge < -0.3 is 15.4 Å². The summed E-state index contributed by atoms with van der Waals surface area (Å²) in [6.07, 6.45) is 0.511. The molecule has 0 aliphatic carbocycles. The second kappa shape index (κ2) is 4.43. The van der Waals surface area contributed by atoms with Crippen LogP contribution in [0.1, 0.15) is 6.42 Å². The summed E-state index contributed by atoms with van der Waals surface area (Å²) in [5, 5.41) is 0. The summed E-state index contributed by atoms with van der Waals surface area (Å²) < 4.78 is 17.9. The first kappa shape index (κ1) is 12.0. The van der Waals surface area contributed by atoms with Gasteiger partial charge in [0, 0.05) is 19.3 Å². The number of rotatable bonds is 2. The van der Waals surface area contributed by atoms with Gasteiger partial charge in [-0.3, -0.25) is 4.79 Å². The van der Waals surface area contributed by atoms with E-state index in [1.165, 1.54) is 17.0 Å². The molecular weight excluding hydrogens is 223 g/mol. The summed E-state index contributed by atoms with van der Waals surface area (Å²) in [7, 11) is 1.63. The Morgan fingerprint density at radius 3 is 2.65 bits per heavy atom. The molecule has 1 aromatic carbocycles. The molecule has 0 bridgehead atoms. The Labute approximate surface area is 99.2 Å². The fourth-order valence-corrected chi connectivity index (χ4v) is 1.87. The highest BCUT2D eigenvalue weighted by atomic mass is 19.1. The van der Waals surface area contributed by atoms with E-state index >= 15 is 0 Å². The molecule has 0 aromatic heterocycles. The number of benzene rings is 1. The van der Waals surface area contributed by atoms with E-state index in [1.807, 2.05) is 0 Å². The minimum atomic E-state index is -0.955.